The summed E-state index contributed by atoms with van der Waals surface area (Å²) < 4.78 is 1.68. The van der Waals surface area contributed by atoms with Gasteiger partial charge in [0.05, 0.1) is 5.69 Å². The van der Waals surface area contributed by atoms with E-state index in [1.807, 2.05) is 18.4 Å². The number of benzene rings is 1. The number of aromatic nitrogens is 3. The highest BCUT2D eigenvalue weighted by atomic mass is 32.1. The van der Waals surface area contributed by atoms with Crippen molar-refractivity contribution in [1.82, 2.24) is 14.6 Å². The molecule has 0 saturated heterocycles. The second kappa shape index (κ2) is 6.07. The van der Waals surface area contributed by atoms with E-state index in [0.29, 0.717) is 5.56 Å². The van der Waals surface area contributed by atoms with Crippen LogP contribution in [0.15, 0.2) is 35.7 Å². The molecule has 1 aromatic carbocycles. The molecule has 0 atom stereocenters. The van der Waals surface area contributed by atoms with E-state index in [0.717, 1.165) is 10.7 Å². The third kappa shape index (κ3) is 3.04. The molecule has 6 nitrogen and oxygen atoms in total. The monoisotopic (exact) mass is 314 g/mol. The highest BCUT2D eigenvalue weighted by Crippen LogP contribution is 2.15. The number of fused-ring (bicyclic) bond motifs is 1. The van der Waals surface area contributed by atoms with Gasteiger partial charge in [0.15, 0.2) is 5.78 Å². The smallest absolute Gasteiger partial charge is 0.250 e. The summed E-state index contributed by atoms with van der Waals surface area (Å²) in [4.78, 5) is 28.8. The van der Waals surface area contributed by atoms with Crippen molar-refractivity contribution in [2.45, 2.75) is 19.8 Å². The molecule has 1 amide bonds. The van der Waals surface area contributed by atoms with Crippen LogP contribution in [0.3, 0.4) is 0 Å². The Morgan fingerprint density at radius 2 is 2.00 bits per heavy atom. The van der Waals surface area contributed by atoms with Gasteiger partial charge in [0, 0.05) is 23.8 Å². The van der Waals surface area contributed by atoms with Gasteiger partial charge in [0.1, 0.15) is 0 Å². The summed E-state index contributed by atoms with van der Waals surface area (Å²) in [5.41, 5.74) is 1.58. The van der Waals surface area contributed by atoms with Gasteiger partial charge in [0.25, 0.3) is 0 Å². The quantitative estimate of drug-likeness (QED) is 0.735. The van der Waals surface area contributed by atoms with Crippen molar-refractivity contribution in [2.24, 2.45) is 0 Å². The Kier molecular flexibility index (Phi) is 3.97. The van der Waals surface area contributed by atoms with E-state index < -0.39 is 0 Å². The number of carbonyl (C=O) groups is 2. The van der Waals surface area contributed by atoms with E-state index in [-0.39, 0.29) is 30.5 Å². The first kappa shape index (κ1) is 14.4. The molecule has 3 rings (SSSR count). The third-order valence-electron chi connectivity index (χ3n) is 3.17. The van der Waals surface area contributed by atoms with Crippen LogP contribution in [-0.4, -0.2) is 26.3 Å². The lowest BCUT2D eigenvalue weighted by Crippen LogP contribution is -2.14. The van der Waals surface area contributed by atoms with Crippen LogP contribution in [0.4, 0.5) is 5.95 Å². The number of amides is 1. The Labute approximate surface area is 130 Å². The molecule has 2 heterocycles. The molecule has 0 unspecified atom stereocenters. The van der Waals surface area contributed by atoms with Crippen LogP contribution in [0, 0.1) is 6.92 Å². The number of aryl methyl sites for hydroxylation is 1. The summed E-state index contributed by atoms with van der Waals surface area (Å²) in [6, 6.07) is 8.94. The number of carbonyl (C=O) groups excluding carboxylic acids is 2. The van der Waals surface area contributed by atoms with Gasteiger partial charge in [-0.3, -0.25) is 14.9 Å². The Morgan fingerprint density at radius 3 is 2.73 bits per heavy atom. The zero-order valence-corrected chi connectivity index (χ0v) is 12.8. The molecule has 0 bridgehead atoms. The van der Waals surface area contributed by atoms with Gasteiger partial charge < -0.3 is 0 Å². The van der Waals surface area contributed by atoms with Gasteiger partial charge in [-0.15, -0.1) is 16.4 Å². The van der Waals surface area contributed by atoms with Gasteiger partial charge in [-0.25, -0.2) is 4.52 Å². The normalized spacial score (nSPS) is 10.8. The van der Waals surface area contributed by atoms with E-state index in [4.69, 9.17) is 0 Å². The van der Waals surface area contributed by atoms with Crippen LogP contribution in [0.25, 0.3) is 4.96 Å². The average Bonchev–Trinajstić information content (AvgIpc) is 3.07. The van der Waals surface area contributed by atoms with Crippen molar-refractivity contribution < 1.29 is 9.59 Å². The summed E-state index contributed by atoms with van der Waals surface area (Å²) in [5.74, 6) is -0.0438. The molecule has 112 valence electrons. The average molecular weight is 314 g/mol. The van der Waals surface area contributed by atoms with Crippen molar-refractivity contribution in [3.63, 3.8) is 0 Å². The number of ketones is 1. The van der Waals surface area contributed by atoms with Gasteiger partial charge in [-0.2, -0.15) is 4.98 Å². The number of nitrogens with zero attached hydrogens (tertiary/aromatic N) is 3. The highest BCUT2D eigenvalue weighted by Gasteiger charge is 2.12. The first-order valence-corrected chi connectivity index (χ1v) is 7.70. The van der Waals surface area contributed by atoms with Crippen LogP contribution < -0.4 is 5.32 Å². The predicted molar refractivity (Wildman–Crippen MR) is 84.2 cm³/mol. The first-order chi connectivity index (χ1) is 10.6. The fourth-order valence-corrected chi connectivity index (χ4v) is 2.83. The lowest BCUT2D eigenvalue weighted by atomic mass is 10.1. The lowest BCUT2D eigenvalue weighted by Gasteiger charge is -2.01. The summed E-state index contributed by atoms with van der Waals surface area (Å²) >= 11 is 1.46. The molecule has 0 aliphatic heterocycles. The molecule has 7 heteroatoms. The van der Waals surface area contributed by atoms with Crippen LogP contribution >= 0.6 is 11.3 Å². The summed E-state index contributed by atoms with van der Waals surface area (Å²) in [7, 11) is 0. The van der Waals surface area contributed by atoms with E-state index in [1.165, 1.54) is 11.3 Å². The van der Waals surface area contributed by atoms with E-state index in [9.17, 15) is 9.59 Å². The van der Waals surface area contributed by atoms with Crippen molar-refractivity contribution in [1.29, 1.82) is 0 Å². The number of nitrogens with one attached hydrogen (secondary N) is 1. The zero-order valence-electron chi connectivity index (χ0n) is 11.9. The van der Waals surface area contributed by atoms with Crippen molar-refractivity contribution >= 4 is 33.9 Å². The Bertz CT molecular complexity index is 823. The zero-order chi connectivity index (χ0) is 15.5. The minimum Gasteiger partial charge on any atom is -0.294 e. The standard InChI is InChI=1S/C15H14N4O2S/c1-10-9-22-15-17-14(18-19(10)15)16-13(21)8-7-12(20)11-5-3-2-4-6-11/h2-6,9H,7-8H2,1H3,(H,16,18,21). The second-order valence-corrected chi connectivity index (χ2v) is 5.68. The van der Waals surface area contributed by atoms with Crippen LogP contribution in [0.1, 0.15) is 28.9 Å². The van der Waals surface area contributed by atoms with Gasteiger partial charge in [-0.05, 0) is 6.92 Å². The molecule has 0 fully saturated rings. The lowest BCUT2D eigenvalue weighted by molar-refractivity contribution is -0.116. The van der Waals surface area contributed by atoms with E-state index in [1.54, 1.807) is 28.8 Å². The number of thiazole rings is 1. The van der Waals surface area contributed by atoms with Crippen molar-refractivity contribution in [3.8, 4) is 0 Å². The number of rotatable bonds is 5. The number of Topliss-reactive ketones (excluding diaryl/α,β-unsaturated/α-hetero) is 1. The summed E-state index contributed by atoms with van der Waals surface area (Å²) in [5, 5.41) is 8.76. The molecular weight excluding hydrogens is 300 g/mol. The van der Waals surface area contributed by atoms with Crippen molar-refractivity contribution in [3.05, 3.63) is 47.0 Å². The Hall–Kier alpha value is -2.54. The molecule has 0 aliphatic rings. The SMILES string of the molecule is Cc1csc2nc(NC(=O)CCC(=O)c3ccccc3)nn12. The maximum absolute atomic E-state index is 11.9. The molecule has 0 aliphatic carbocycles. The predicted octanol–water partition coefficient (Wildman–Crippen LogP) is 2.70. The van der Waals surface area contributed by atoms with Crippen molar-refractivity contribution in [2.75, 3.05) is 5.32 Å². The van der Waals surface area contributed by atoms with E-state index >= 15 is 0 Å². The van der Waals surface area contributed by atoms with E-state index in [2.05, 4.69) is 15.4 Å². The van der Waals surface area contributed by atoms with Gasteiger partial charge in [0.2, 0.25) is 16.8 Å². The number of anilines is 1. The first-order valence-electron chi connectivity index (χ1n) is 6.82. The molecule has 22 heavy (non-hydrogen) atoms. The Morgan fingerprint density at radius 1 is 1.23 bits per heavy atom. The minimum atomic E-state index is -0.264. The number of hydrogen-bond donors (Lipinski definition) is 1. The topological polar surface area (TPSA) is 76.4 Å². The third-order valence-corrected chi connectivity index (χ3v) is 4.11. The second-order valence-electron chi connectivity index (χ2n) is 4.84. The molecule has 1 N–H and O–H groups in total. The van der Waals surface area contributed by atoms with Crippen LogP contribution in [0.5, 0.6) is 0 Å². The maximum Gasteiger partial charge on any atom is 0.250 e. The molecular formula is C15H14N4O2S. The largest absolute Gasteiger partial charge is 0.294 e. The maximum atomic E-state index is 11.9. The van der Waals surface area contributed by atoms with Gasteiger partial charge in [-0.1, -0.05) is 30.3 Å². The summed E-state index contributed by atoms with van der Waals surface area (Å²) in [6.45, 7) is 1.92. The highest BCUT2D eigenvalue weighted by molar-refractivity contribution is 7.15. The Balaban J connectivity index is 1.57. The van der Waals surface area contributed by atoms with Crippen LogP contribution in [0.2, 0.25) is 0 Å². The summed E-state index contributed by atoms with van der Waals surface area (Å²) in [6.07, 6.45) is 0.274. The molecule has 0 radical (unpaired) electrons. The minimum absolute atomic E-state index is 0.0506. The van der Waals surface area contributed by atoms with Crippen LogP contribution in [-0.2, 0) is 4.79 Å². The molecule has 0 spiro atoms. The molecule has 2 aromatic heterocycles. The fraction of sp³-hybridized carbons (Fsp3) is 0.200. The molecule has 0 saturated carbocycles. The fourth-order valence-electron chi connectivity index (χ4n) is 2.03. The number of hydrogen-bond acceptors (Lipinski definition) is 5. The van der Waals surface area contributed by atoms with Gasteiger partial charge >= 0.3 is 0 Å². The molecule has 3 aromatic rings.